The minimum atomic E-state index is -1.14. The first kappa shape index (κ1) is 27.2. The maximum absolute atomic E-state index is 11.8. The molecule has 0 unspecified atom stereocenters. The third-order valence-electron chi connectivity index (χ3n) is 4.76. The van der Waals surface area contributed by atoms with Crippen LogP contribution < -0.4 is 10.6 Å². The number of rotatable bonds is 11. The van der Waals surface area contributed by atoms with E-state index in [9.17, 15) is 29.6 Å². The van der Waals surface area contributed by atoms with Gasteiger partial charge in [-0.3, -0.25) is 19.7 Å². The van der Waals surface area contributed by atoms with Crippen molar-refractivity contribution in [2.75, 3.05) is 6.61 Å². The first-order chi connectivity index (χ1) is 16.6. The van der Waals surface area contributed by atoms with Gasteiger partial charge in [-0.25, -0.2) is 4.79 Å². The molecule has 0 aromatic heterocycles. The molecule has 0 saturated heterocycles. The predicted molar refractivity (Wildman–Crippen MR) is 128 cm³/mol. The minimum Gasteiger partial charge on any atom is -0.480 e. The van der Waals surface area contributed by atoms with Crippen LogP contribution in [0.5, 0.6) is 0 Å². The van der Waals surface area contributed by atoms with Crippen molar-refractivity contribution < 1.29 is 33.9 Å². The summed E-state index contributed by atoms with van der Waals surface area (Å²) in [5.41, 5.74) is 0.981. The zero-order chi connectivity index (χ0) is 26.0. The predicted octanol–water partition coefficient (Wildman–Crippen LogP) is 2.29. The van der Waals surface area contributed by atoms with Crippen LogP contribution in [0.3, 0.4) is 0 Å². The fraction of sp³-hybridized carbons (Fsp3) is 0.304. The molecule has 0 saturated carbocycles. The molecule has 2 aromatic carbocycles. The molecule has 0 bridgehead atoms. The summed E-state index contributed by atoms with van der Waals surface area (Å²) in [6, 6.07) is 12.2. The van der Waals surface area contributed by atoms with Gasteiger partial charge >= 0.3 is 17.9 Å². The number of carbonyl (C=O) groups is 3. The number of nitro groups is 1. The number of nitro benzene ring substituents is 1. The van der Waals surface area contributed by atoms with Crippen molar-refractivity contribution >= 4 is 40.9 Å². The minimum absolute atomic E-state index is 0.0791. The monoisotopic (exact) mass is 503 g/mol. The third kappa shape index (κ3) is 9.01. The van der Waals surface area contributed by atoms with Gasteiger partial charge in [-0.15, -0.1) is 0 Å². The van der Waals surface area contributed by atoms with Crippen LogP contribution in [0.1, 0.15) is 31.1 Å². The fourth-order valence-electron chi connectivity index (χ4n) is 3.18. The highest BCUT2D eigenvalue weighted by atomic mass is 32.1. The average molecular weight is 504 g/mol. The van der Waals surface area contributed by atoms with E-state index >= 15 is 0 Å². The number of nitrogens with one attached hydrogen (secondary N) is 2. The Hall–Kier alpha value is -4.06. The Morgan fingerprint density at radius 3 is 2.17 bits per heavy atom. The van der Waals surface area contributed by atoms with E-state index in [-0.39, 0.29) is 23.8 Å². The second-order valence-corrected chi connectivity index (χ2v) is 7.89. The number of non-ortho nitro benzene ring substituents is 1. The highest BCUT2D eigenvalue weighted by Gasteiger charge is 2.30. The summed E-state index contributed by atoms with van der Waals surface area (Å²) in [5.74, 6) is -2.40. The number of hydrogen-bond donors (Lipinski definition) is 3. The Morgan fingerprint density at radius 1 is 1.03 bits per heavy atom. The van der Waals surface area contributed by atoms with Gasteiger partial charge in [0.25, 0.3) is 5.69 Å². The fourth-order valence-corrected chi connectivity index (χ4v) is 3.47. The smallest absolute Gasteiger partial charge is 0.326 e. The first-order valence-corrected chi connectivity index (χ1v) is 10.9. The maximum Gasteiger partial charge on any atom is 0.326 e. The van der Waals surface area contributed by atoms with Gasteiger partial charge in [-0.1, -0.05) is 30.3 Å². The average Bonchev–Trinajstić information content (AvgIpc) is 2.80. The summed E-state index contributed by atoms with van der Waals surface area (Å²) in [6.07, 6.45) is -0.924. The van der Waals surface area contributed by atoms with E-state index < -0.39 is 41.0 Å². The Kier molecular flexibility index (Phi) is 10.1. The Balaban J connectivity index is 2.26. The largest absolute Gasteiger partial charge is 0.480 e. The second-order valence-electron chi connectivity index (χ2n) is 7.49. The summed E-state index contributed by atoms with van der Waals surface area (Å²) in [4.78, 5) is 45.4. The molecule has 2 aromatic rings. The lowest BCUT2D eigenvalue weighted by Crippen LogP contribution is -2.52. The lowest BCUT2D eigenvalue weighted by atomic mass is 10.0. The SMILES string of the molecule is CC(=O)OC[C@H](NC(=S)N[C@H](Cc1ccccc1)C(=O)O)[C@@H](OC(C)=O)c1ccc([N+](=O)[O-])cc1. The maximum atomic E-state index is 11.8. The molecular weight excluding hydrogens is 478 g/mol. The van der Waals surface area contributed by atoms with Gasteiger partial charge in [-0.2, -0.15) is 0 Å². The molecule has 2 rings (SSSR count). The van der Waals surface area contributed by atoms with Gasteiger partial charge in [0.1, 0.15) is 18.7 Å². The number of thiocarbonyl (C=S) groups is 1. The van der Waals surface area contributed by atoms with E-state index in [1.54, 1.807) is 24.3 Å². The number of carbonyl (C=O) groups excluding carboxylic acids is 2. The lowest BCUT2D eigenvalue weighted by molar-refractivity contribution is -0.384. The molecule has 0 amide bonds. The van der Waals surface area contributed by atoms with Crippen molar-refractivity contribution in [2.45, 2.75) is 38.5 Å². The number of carboxylic acid groups (broad SMARTS) is 1. The molecule has 0 aliphatic heterocycles. The highest BCUT2D eigenvalue weighted by Crippen LogP contribution is 2.25. The topological polar surface area (TPSA) is 157 Å². The molecule has 0 aliphatic carbocycles. The molecule has 186 valence electrons. The number of carboxylic acids is 1. The number of ether oxygens (including phenoxy) is 2. The van der Waals surface area contributed by atoms with Crippen LogP contribution in [0.25, 0.3) is 0 Å². The van der Waals surface area contributed by atoms with E-state index in [4.69, 9.17) is 21.7 Å². The van der Waals surface area contributed by atoms with Crippen LogP contribution in [-0.2, 0) is 30.3 Å². The van der Waals surface area contributed by atoms with Crippen molar-refractivity contribution in [3.8, 4) is 0 Å². The summed E-state index contributed by atoms with van der Waals surface area (Å²) in [5, 5.41) is 26.1. The van der Waals surface area contributed by atoms with E-state index in [0.29, 0.717) is 5.56 Å². The summed E-state index contributed by atoms with van der Waals surface area (Å²) in [7, 11) is 0. The highest BCUT2D eigenvalue weighted by molar-refractivity contribution is 7.80. The van der Waals surface area contributed by atoms with Gasteiger partial charge in [0.15, 0.2) is 11.2 Å². The van der Waals surface area contributed by atoms with Crippen molar-refractivity contribution in [1.82, 2.24) is 10.6 Å². The molecule has 3 N–H and O–H groups in total. The van der Waals surface area contributed by atoms with Gasteiger partial charge < -0.3 is 25.2 Å². The number of benzene rings is 2. The van der Waals surface area contributed by atoms with Crippen LogP contribution >= 0.6 is 12.2 Å². The van der Waals surface area contributed by atoms with Crippen molar-refractivity contribution in [1.29, 1.82) is 0 Å². The summed E-state index contributed by atoms with van der Waals surface area (Å²) >= 11 is 5.30. The van der Waals surface area contributed by atoms with Gasteiger partial charge in [0.05, 0.1) is 4.92 Å². The molecule has 11 nitrogen and oxygen atoms in total. The molecule has 35 heavy (non-hydrogen) atoms. The molecular formula is C23H25N3O8S. The van der Waals surface area contributed by atoms with Crippen molar-refractivity contribution in [3.05, 3.63) is 75.8 Å². The molecule has 0 radical (unpaired) electrons. The molecule has 3 atom stereocenters. The zero-order valence-electron chi connectivity index (χ0n) is 19.0. The molecule has 0 spiro atoms. The van der Waals surface area contributed by atoms with Gasteiger partial charge in [0.2, 0.25) is 0 Å². The van der Waals surface area contributed by atoms with Gasteiger partial charge in [-0.05, 0) is 35.5 Å². The Labute approximate surface area is 206 Å². The van der Waals surface area contributed by atoms with E-state index in [1.807, 2.05) is 6.07 Å². The molecule has 0 heterocycles. The quantitative estimate of drug-likeness (QED) is 0.179. The van der Waals surface area contributed by atoms with Gasteiger partial charge in [0, 0.05) is 32.4 Å². The first-order valence-electron chi connectivity index (χ1n) is 10.5. The zero-order valence-corrected chi connectivity index (χ0v) is 19.8. The summed E-state index contributed by atoms with van der Waals surface area (Å²) < 4.78 is 10.5. The number of nitrogens with zero attached hydrogens (tertiary/aromatic N) is 1. The van der Waals surface area contributed by atoms with E-state index in [1.165, 1.54) is 38.1 Å². The number of esters is 2. The Morgan fingerprint density at radius 2 is 1.66 bits per heavy atom. The summed E-state index contributed by atoms with van der Waals surface area (Å²) in [6.45, 7) is 2.08. The van der Waals surface area contributed by atoms with Crippen molar-refractivity contribution in [2.24, 2.45) is 0 Å². The molecule has 0 fully saturated rings. The number of aliphatic carboxylic acids is 1. The number of hydrogen-bond acceptors (Lipinski definition) is 8. The molecule has 12 heteroatoms. The third-order valence-corrected chi connectivity index (χ3v) is 5.00. The normalized spacial score (nSPS) is 13.0. The Bertz CT molecular complexity index is 1060. The standard InChI is InChI=1S/C23H25N3O8S/c1-14(27)33-13-20(21(34-15(2)28)17-8-10-18(11-9-17)26(31)32)25-23(35)24-19(22(29)30)12-16-6-4-3-5-7-16/h3-11,19-21H,12-13H2,1-2H3,(H,29,30)(H2,24,25,35)/t19-,20+,21+/m1/s1. The van der Waals surface area contributed by atoms with E-state index in [2.05, 4.69) is 10.6 Å². The second kappa shape index (κ2) is 13.0. The van der Waals surface area contributed by atoms with E-state index in [0.717, 1.165) is 5.56 Å². The van der Waals surface area contributed by atoms with Crippen LogP contribution in [0.2, 0.25) is 0 Å². The van der Waals surface area contributed by atoms with Crippen LogP contribution in [0.4, 0.5) is 5.69 Å². The van der Waals surface area contributed by atoms with Crippen LogP contribution in [0, 0.1) is 10.1 Å². The molecule has 0 aliphatic rings. The van der Waals surface area contributed by atoms with Crippen LogP contribution in [0.15, 0.2) is 54.6 Å². The van der Waals surface area contributed by atoms with Crippen LogP contribution in [-0.4, -0.2) is 51.7 Å². The van der Waals surface area contributed by atoms with Crippen molar-refractivity contribution in [3.63, 3.8) is 0 Å². The lowest BCUT2D eigenvalue weighted by Gasteiger charge is -2.29.